The van der Waals surface area contributed by atoms with Crippen molar-refractivity contribution < 1.29 is 13.9 Å². The van der Waals surface area contributed by atoms with Crippen LogP contribution in [0.1, 0.15) is 27.7 Å². The molecule has 0 aliphatic heterocycles. The lowest BCUT2D eigenvalue weighted by molar-refractivity contribution is 0.111. The number of aromatic nitrogens is 1. The Hall–Kier alpha value is -1.52. The van der Waals surface area contributed by atoms with Crippen LogP contribution in [0.3, 0.4) is 0 Å². The first-order chi connectivity index (χ1) is 9.01. The molecule has 2 rings (SSSR count). The van der Waals surface area contributed by atoms with Crippen LogP contribution in [0, 0.1) is 13.8 Å². The molecule has 0 amide bonds. The van der Waals surface area contributed by atoms with Gasteiger partial charge in [0.2, 0.25) is 5.89 Å². The maximum Gasteiger partial charge on any atom is 0.232 e. The highest BCUT2D eigenvalue weighted by Crippen LogP contribution is 2.32. The highest BCUT2D eigenvalue weighted by atomic mass is 35.5. The van der Waals surface area contributed by atoms with E-state index < -0.39 is 0 Å². The van der Waals surface area contributed by atoms with Crippen molar-refractivity contribution in [1.29, 1.82) is 0 Å². The number of aldehydes is 1. The molecule has 100 valence electrons. The molecule has 0 radical (unpaired) electrons. The van der Waals surface area contributed by atoms with Crippen molar-refractivity contribution in [2.24, 2.45) is 0 Å². The number of benzene rings is 1. The molecule has 0 N–H and O–H groups in total. The van der Waals surface area contributed by atoms with Gasteiger partial charge in [0.15, 0.2) is 12.9 Å². The lowest BCUT2D eigenvalue weighted by Crippen LogP contribution is -1.99. The minimum atomic E-state index is 0.0941. The second kappa shape index (κ2) is 5.63. The second-order valence-corrected chi connectivity index (χ2v) is 4.81. The van der Waals surface area contributed by atoms with E-state index in [9.17, 15) is 4.79 Å². The van der Waals surface area contributed by atoms with Crippen LogP contribution in [0.2, 0.25) is 10.0 Å². The van der Waals surface area contributed by atoms with Gasteiger partial charge in [0.1, 0.15) is 11.5 Å². The Bertz CT molecular complexity index is 603. The summed E-state index contributed by atoms with van der Waals surface area (Å²) in [6, 6.07) is 3.00. The van der Waals surface area contributed by atoms with Crippen LogP contribution in [-0.2, 0) is 6.61 Å². The summed E-state index contributed by atoms with van der Waals surface area (Å²) >= 11 is 11.8. The maximum absolute atomic E-state index is 11.0. The molecular weight excluding hydrogens is 289 g/mol. The molecule has 1 aromatic carbocycles. The quantitative estimate of drug-likeness (QED) is 0.801. The summed E-state index contributed by atoms with van der Waals surface area (Å²) in [7, 11) is 0. The minimum Gasteiger partial charge on any atom is -0.482 e. The third-order valence-electron chi connectivity index (χ3n) is 2.58. The van der Waals surface area contributed by atoms with Gasteiger partial charge in [0.25, 0.3) is 0 Å². The highest BCUT2D eigenvalue weighted by molar-refractivity contribution is 6.36. The topological polar surface area (TPSA) is 52.3 Å². The van der Waals surface area contributed by atoms with Crippen LogP contribution in [0.4, 0.5) is 0 Å². The van der Waals surface area contributed by atoms with Crippen molar-refractivity contribution in [2.45, 2.75) is 20.5 Å². The van der Waals surface area contributed by atoms with Gasteiger partial charge >= 0.3 is 0 Å². The third kappa shape index (κ3) is 3.08. The van der Waals surface area contributed by atoms with Crippen LogP contribution in [0.5, 0.6) is 5.75 Å². The summed E-state index contributed by atoms with van der Waals surface area (Å²) < 4.78 is 10.9. The Morgan fingerprint density at radius 2 is 2.11 bits per heavy atom. The van der Waals surface area contributed by atoms with E-state index in [-0.39, 0.29) is 22.9 Å². The fraction of sp³-hybridized carbons (Fsp3) is 0.231. The molecular formula is C13H11Cl2NO3. The number of rotatable bonds is 4. The van der Waals surface area contributed by atoms with Crippen molar-refractivity contribution in [2.75, 3.05) is 0 Å². The summed E-state index contributed by atoms with van der Waals surface area (Å²) in [5.74, 6) is 1.43. The fourth-order valence-corrected chi connectivity index (χ4v) is 2.12. The Kier molecular flexibility index (Phi) is 4.12. The Balaban J connectivity index is 2.21. The number of carbonyl (C=O) groups excluding carboxylic acids is 1. The lowest BCUT2D eigenvalue weighted by atomic mass is 10.2. The van der Waals surface area contributed by atoms with Crippen LogP contribution >= 0.6 is 23.2 Å². The molecule has 0 aliphatic rings. The predicted octanol–water partition coefficient (Wildman–Crippen LogP) is 3.99. The number of nitrogens with zero attached hydrogens (tertiary/aromatic N) is 1. The summed E-state index contributed by atoms with van der Waals surface area (Å²) in [5, 5.41) is 0.650. The van der Waals surface area contributed by atoms with E-state index in [1.807, 2.05) is 13.8 Å². The van der Waals surface area contributed by atoms with Crippen LogP contribution in [0.25, 0.3) is 0 Å². The molecule has 2 aromatic rings. The molecule has 0 fully saturated rings. The van der Waals surface area contributed by atoms with Crippen LogP contribution in [0.15, 0.2) is 16.5 Å². The fourth-order valence-electron chi connectivity index (χ4n) is 1.55. The number of hydrogen-bond donors (Lipinski definition) is 0. The van der Waals surface area contributed by atoms with Gasteiger partial charge in [-0.2, -0.15) is 0 Å². The molecule has 0 bridgehead atoms. The average molecular weight is 300 g/mol. The van der Waals surface area contributed by atoms with E-state index in [1.54, 1.807) is 0 Å². The zero-order valence-electron chi connectivity index (χ0n) is 10.4. The smallest absolute Gasteiger partial charge is 0.232 e. The summed E-state index contributed by atoms with van der Waals surface area (Å²) in [5.41, 5.74) is 1.09. The predicted molar refractivity (Wildman–Crippen MR) is 72.2 cm³/mol. The van der Waals surface area contributed by atoms with E-state index >= 15 is 0 Å². The standard InChI is InChI=1S/C13H11Cl2NO3/c1-7-8(2)19-12(16-7)6-18-13-9(5-17)3-10(14)4-11(13)15/h3-5H,6H2,1-2H3. The molecule has 19 heavy (non-hydrogen) atoms. The van der Waals surface area contributed by atoms with E-state index in [0.717, 1.165) is 11.5 Å². The molecule has 0 saturated heterocycles. The Morgan fingerprint density at radius 1 is 1.37 bits per heavy atom. The van der Waals surface area contributed by atoms with E-state index in [4.69, 9.17) is 32.4 Å². The minimum absolute atomic E-state index is 0.0941. The second-order valence-electron chi connectivity index (χ2n) is 3.96. The summed E-state index contributed by atoms with van der Waals surface area (Å²) in [6.07, 6.45) is 0.638. The number of ether oxygens (including phenoxy) is 1. The summed E-state index contributed by atoms with van der Waals surface area (Å²) in [4.78, 5) is 15.1. The van der Waals surface area contributed by atoms with E-state index in [2.05, 4.69) is 4.98 Å². The van der Waals surface area contributed by atoms with E-state index in [1.165, 1.54) is 12.1 Å². The molecule has 0 spiro atoms. The van der Waals surface area contributed by atoms with Crippen molar-refractivity contribution in [3.8, 4) is 5.75 Å². The Labute approximate surface area is 120 Å². The van der Waals surface area contributed by atoms with Gasteiger partial charge in [0.05, 0.1) is 16.3 Å². The first-order valence-corrected chi connectivity index (χ1v) is 6.26. The van der Waals surface area contributed by atoms with Crippen molar-refractivity contribution in [3.63, 3.8) is 0 Å². The molecule has 0 unspecified atom stereocenters. The van der Waals surface area contributed by atoms with E-state index in [0.29, 0.717) is 17.2 Å². The van der Waals surface area contributed by atoms with Gasteiger partial charge in [-0.1, -0.05) is 23.2 Å². The molecule has 0 saturated carbocycles. The zero-order valence-corrected chi connectivity index (χ0v) is 11.9. The van der Waals surface area contributed by atoms with Gasteiger partial charge in [-0.3, -0.25) is 4.79 Å². The van der Waals surface area contributed by atoms with Crippen molar-refractivity contribution in [3.05, 3.63) is 45.1 Å². The molecule has 0 aliphatic carbocycles. The van der Waals surface area contributed by atoms with Crippen LogP contribution in [-0.4, -0.2) is 11.3 Å². The average Bonchev–Trinajstić information content (AvgIpc) is 2.66. The first kappa shape index (κ1) is 13.9. The van der Waals surface area contributed by atoms with Gasteiger partial charge < -0.3 is 9.15 Å². The number of oxazole rings is 1. The molecule has 4 nitrogen and oxygen atoms in total. The summed E-state index contributed by atoms with van der Waals surface area (Å²) in [6.45, 7) is 3.75. The number of carbonyl (C=O) groups is 1. The van der Waals surface area contributed by atoms with Crippen molar-refractivity contribution >= 4 is 29.5 Å². The van der Waals surface area contributed by atoms with Gasteiger partial charge in [-0.15, -0.1) is 0 Å². The lowest BCUT2D eigenvalue weighted by Gasteiger charge is -2.09. The normalized spacial score (nSPS) is 10.5. The number of hydrogen-bond acceptors (Lipinski definition) is 4. The maximum atomic E-state index is 11.0. The first-order valence-electron chi connectivity index (χ1n) is 5.51. The number of halogens is 2. The third-order valence-corrected chi connectivity index (χ3v) is 3.08. The zero-order chi connectivity index (χ0) is 14.0. The highest BCUT2D eigenvalue weighted by Gasteiger charge is 2.12. The van der Waals surface area contributed by atoms with Crippen LogP contribution < -0.4 is 4.74 Å². The van der Waals surface area contributed by atoms with Gasteiger partial charge in [-0.05, 0) is 26.0 Å². The van der Waals surface area contributed by atoms with Crippen molar-refractivity contribution in [1.82, 2.24) is 4.98 Å². The Morgan fingerprint density at radius 3 is 2.68 bits per heavy atom. The molecule has 1 heterocycles. The van der Waals surface area contributed by atoms with Gasteiger partial charge in [-0.25, -0.2) is 4.98 Å². The molecule has 6 heteroatoms. The largest absolute Gasteiger partial charge is 0.482 e. The van der Waals surface area contributed by atoms with Gasteiger partial charge in [0, 0.05) is 5.02 Å². The SMILES string of the molecule is Cc1nc(COc2c(Cl)cc(Cl)cc2C=O)oc1C. The molecule has 0 atom stereocenters. The molecule has 1 aromatic heterocycles. The number of aryl methyl sites for hydroxylation is 2. The monoisotopic (exact) mass is 299 g/mol.